The lowest BCUT2D eigenvalue weighted by Crippen LogP contribution is -2.48. The Morgan fingerprint density at radius 1 is 1.00 bits per heavy atom. The number of ether oxygens (including phenoxy) is 3. The molecule has 2 aromatic rings. The highest BCUT2D eigenvalue weighted by Gasteiger charge is 2.46. The summed E-state index contributed by atoms with van der Waals surface area (Å²) in [5, 5.41) is 0.731. The van der Waals surface area contributed by atoms with Crippen LogP contribution in [0.15, 0.2) is 36.4 Å². The van der Waals surface area contributed by atoms with Crippen molar-refractivity contribution in [2.24, 2.45) is 5.92 Å². The summed E-state index contributed by atoms with van der Waals surface area (Å²) < 4.78 is 16.5. The molecule has 2 fully saturated rings. The highest BCUT2D eigenvalue weighted by Crippen LogP contribution is 2.49. The summed E-state index contributed by atoms with van der Waals surface area (Å²) in [7, 11) is 4.87. The molecule has 1 saturated carbocycles. The van der Waals surface area contributed by atoms with Gasteiger partial charge in [0.2, 0.25) is 11.7 Å². The van der Waals surface area contributed by atoms with Crippen LogP contribution in [0.25, 0.3) is 0 Å². The van der Waals surface area contributed by atoms with Gasteiger partial charge < -0.3 is 19.1 Å². The van der Waals surface area contributed by atoms with Crippen molar-refractivity contribution in [3.05, 3.63) is 52.5 Å². The molecule has 1 saturated heterocycles. The Labute approximate surface area is 188 Å². The Hall–Kier alpha value is -2.44. The van der Waals surface area contributed by atoms with E-state index in [-0.39, 0.29) is 11.8 Å². The van der Waals surface area contributed by atoms with Gasteiger partial charge in [0.1, 0.15) is 0 Å². The summed E-state index contributed by atoms with van der Waals surface area (Å²) in [6.07, 6.45) is 0.919. The van der Waals surface area contributed by atoms with Crippen LogP contribution in [0.1, 0.15) is 23.5 Å². The van der Waals surface area contributed by atoms with Gasteiger partial charge in [-0.15, -0.1) is 0 Å². The zero-order chi connectivity index (χ0) is 22.0. The SMILES string of the molecule is COc1ccc(CN2CCN(C(=O)C3CC3c3cccc(Cl)c3)CC2)c(OC)c1OC. The Morgan fingerprint density at radius 2 is 1.74 bits per heavy atom. The van der Waals surface area contributed by atoms with E-state index in [1.807, 2.05) is 35.2 Å². The standard InChI is InChI=1S/C24H29ClN2O4/c1-29-21-8-7-17(22(30-2)23(21)31-3)15-26-9-11-27(12-10-26)24(28)20-14-19(20)16-5-4-6-18(25)13-16/h4-8,13,19-20H,9-12,14-15H2,1-3H3. The van der Waals surface area contributed by atoms with Crippen molar-refractivity contribution in [3.63, 3.8) is 0 Å². The van der Waals surface area contributed by atoms with Gasteiger partial charge in [-0.1, -0.05) is 29.8 Å². The Morgan fingerprint density at radius 3 is 2.39 bits per heavy atom. The molecule has 4 rings (SSSR count). The third kappa shape index (κ3) is 4.60. The number of methoxy groups -OCH3 is 3. The van der Waals surface area contributed by atoms with Crippen LogP contribution in [0.4, 0.5) is 0 Å². The third-order valence-corrected chi connectivity index (χ3v) is 6.48. The number of piperazine rings is 1. The lowest BCUT2D eigenvalue weighted by Gasteiger charge is -2.35. The fraction of sp³-hybridized carbons (Fsp3) is 0.458. The molecule has 7 heteroatoms. The molecule has 2 atom stereocenters. The molecular formula is C24H29ClN2O4. The molecule has 0 bridgehead atoms. The monoisotopic (exact) mass is 444 g/mol. The van der Waals surface area contributed by atoms with Crippen molar-refractivity contribution < 1.29 is 19.0 Å². The molecule has 6 nitrogen and oxygen atoms in total. The van der Waals surface area contributed by atoms with E-state index in [1.54, 1.807) is 21.3 Å². The topological polar surface area (TPSA) is 51.2 Å². The van der Waals surface area contributed by atoms with Crippen molar-refractivity contribution in [3.8, 4) is 17.2 Å². The highest BCUT2D eigenvalue weighted by atomic mass is 35.5. The molecule has 166 valence electrons. The van der Waals surface area contributed by atoms with E-state index in [1.165, 1.54) is 5.56 Å². The summed E-state index contributed by atoms with van der Waals surface area (Å²) in [6, 6.07) is 11.8. The molecule has 1 heterocycles. The van der Waals surface area contributed by atoms with Gasteiger partial charge in [-0.3, -0.25) is 9.69 Å². The molecule has 2 aliphatic rings. The number of hydrogen-bond donors (Lipinski definition) is 0. The van der Waals surface area contributed by atoms with E-state index in [2.05, 4.69) is 11.0 Å². The second-order valence-corrected chi connectivity index (χ2v) is 8.54. The molecule has 2 unspecified atom stereocenters. The quantitative estimate of drug-likeness (QED) is 0.650. The summed E-state index contributed by atoms with van der Waals surface area (Å²) in [4.78, 5) is 17.3. The smallest absolute Gasteiger partial charge is 0.226 e. The van der Waals surface area contributed by atoms with Crippen molar-refractivity contribution >= 4 is 17.5 Å². The first-order valence-electron chi connectivity index (χ1n) is 10.6. The number of amides is 1. The zero-order valence-corrected chi connectivity index (χ0v) is 19.0. The van der Waals surface area contributed by atoms with E-state index in [0.29, 0.717) is 23.2 Å². The molecule has 2 aromatic carbocycles. The number of nitrogens with zero attached hydrogens (tertiary/aromatic N) is 2. The van der Waals surface area contributed by atoms with Crippen molar-refractivity contribution in [2.45, 2.75) is 18.9 Å². The van der Waals surface area contributed by atoms with Crippen LogP contribution in [0.5, 0.6) is 17.2 Å². The largest absolute Gasteiger partial charge is 0.493 e. The number of rotatable bonds is 7. The zero-order valence-electron chi connectivity index (χ0n) is 18.3. The molecule has 1 amide bonds. The van der Waals surface area contributed by atoms with Gasteiger partial charge in [-0.25, -0.2) is 0 Å². The van der Waals surface area contributed by atoms with E-state index < -0.39 is 0 Å². The van der Waals surface area contributed by atoms with E-state index >= 15 is 0 Å². The molecule has 0 aromatic heterocycles. The van der Waals surface area contributed by atoms with Gasteiger partial charge in [-0.05, 0) is 36.1 Å². The molecule has 0 N–H and O–H groups in total. The minimum absolute atomic E-state index is 0.0935. The number of carbonyl (C=O) groups is 1. The average Bonchev–Trinajstić information content (AvgIpc) is 3.59. The van der Waals surface area contributed by atoms with Crippen LogP contribution in [0.3, 0.4) is 0 Å². The maximum absolute atomic E-state index is 13.0. The van der Waals surface area contributed by atoms with Gasteiger partial charge in [-0.2, -0.15) is 0 Å². The van der Waals surface area contributed by atoms with Gasteiger partial charge in [0.05, 0.1) is 21.3 Å². The summed E-state index contributed by atoms with van der Waals surface area (Å²) in [5.74, 6) is 2.63. The fourth-order valence-electron chi connectivity index (χ4n) is 4.46. The lowest BCUT2D eigenvalue weighted by molar-refractivity contribution is -0.134. The molecular weight excluding hydrogens is 416 g/mol. The third-order valence-electron chi connectivity index (χ3n) is 6.25. The highest BCUT2D eigenvalue weighted by molar-refractivity contribution is 6.30. The maximum atomic E-state index is 13.0. The summed E-state index contributed by atoms with van der Waals surface area (Å²) in [6.45, 7) is 3.89. The van der Waals surface area contributed by atoms with Crippen LogP contribution in [-0.4, -0.2) is 63.2 Å². The van der Waals surface area contributed by atoms with Crippen LogP contribution in [0, 0.1) is 5.92 Å². The van der Waals surface area contributed by atoms with E-state index in [9.17, 15) is 4.79 Å². The van der Waals surface area contributed by atoms with Crippen LogP contribution in [0.2, 0.25) is 5.02 Å². The second kappa shape index (κ2) is 9.37. The number of halogens is 1. The van der Waals surface area contributed by atoms with Gasteiger partial charge in [0.25, 0.3) is 0 Å². The van der Waals surface area contributed by atoms with Gasteiger partial charge >= 0.3 is 0 Å². The Balaban J connectivity index is 1.34. The van der Waals surface area contributed by atoms with Gasteiger partial charge in [0.15, 0.2) is 11.5 Å². The van der Waals surface area contributed by atoms with Crippen molar-refractivity contribution in [1.29, 1.82) is 0 Å². The van der Waals surface area contributed by atoms with E-state index in [0.717, 1.165) is 49.7 Å². The van der Waals surface area contributed by atoms with Gasteiger partial charge in [0, 0.05) is 49.2 Å². The fourth-order valence-corrected chi connectivity index (χ4v) is 4.66. The normalized spacial score (nSPS) is 21.0. The average molecular weight is 445 g/mol. The van der Waals surface area contributed by atoms with Crippen LogP contribution in [-0.2, 0) is 11.3 Å². The maximum Gasteiger partial charge on any atom is 0.226 e. The Bertz CT molecular complexity index is 943. The van der Waals surface area contributed by atoms with E-state index in [4.69, 9.17) is 25.8 Å². The molecule has 1 aliphatic carbocycles. The van der Waals surface area contributed by atoms with Crippen molar-refractivity contribution in [1.82, 2.24) is 9.80 Å². The molecule has 31 heavy (non-hydrogen) atoms. The summed E-state index contributed by atoms with van der Waals surface area (Å²) in [5.41, 5.74) is 2.22. The first-order valence-corrected chi connectivity index (χ1v) is 11.0. The molecule has 1 aliphatic heterocycles. The van der Waals surface area contributed by atoms with Crippen LogP contribution >= 0.6 is 11.6 Å². The predicted molar refractivity (Wildman–Crippen MR) is 120 cm³/mol. The van der Waals surface area contributed by atoms with Crippen LogP contribution < -0.4 is 14.2 Å². The molecule has 0 radical (unpaired) electrons. The Kier molecular flexibility index (Phi) is 6.58. The predicted octanol–water partition coefficient (Wildman–Crippen LogP) is 3.81. The number of carbonyl (C=O) groups excluding carboxylic acids is 1. The number of hydrogen-bond acceptors (Lipinski definition) is 5. The number of benzene rings is 2. The minimum Gasteiger partial charge on any atom is -0.493 e. The van der Waals surface area contributed by atoms with Crippen molar-refractivity contribution in [2.75, 3.05) is 47.5 Å². The molecule has 0 spiro atoms. The minimum atomic E-state index is 0.0935. The first kappa shape index (κ1) is 21.8. The first-order chi connectivity index (χ1) is 15.0. The second-order valence-electron chi connectivity index (χ2n) is 8.10. The lowest BCUT2D eigenvalue weighted by atomic mass is 10.1. The summed E-state index contributed by atoms with van der Waals surface area (Å²) >= 11 is 6.11.